The number of hydrogen-bond donors (Lipinski definition) is 0. The van der Waals surface area contributed by atoms with Crippen LogP contribution in [0.3, 0.4) is 0 Å². The Labute approximate surface area is 262 Å². The van der Waals surface area contributed by atoms with Gasteiger partial charge < -0.3 is 9.47 Å². The number of rotatable bonds is 11. The van der Waals surface area contributed by atoms with Gasteiger partial charge in [0, 0.05) is 36.0 Å². The van der Waals surface area contributed by atoms with E-state index < -0.39 is 11.2 Å². The van der Waals surface area contributed by atoms with Crippen LogP contribution in [0.4, 0.5) is 0 Å². The Balaban J connectivity index is 1.49. The molecule has 0 spiro atoms. The molecule has 5 nitrogen and oxygen atoms in total. The molecule has 230 valence electrons. The Morgan fingerprint density at radius 3 is 2.09 bits per heavy atom. The molecule has 1 fully saturated rings. The molecule has 2 atom stereocenters. The van der Waals surface area contributed by atoms with E-state index in [-0.39, 0.29) is 23.6 Å². The zero-order chi connectivity index (χ0) is 31.4. The molecule has 0 aromatic heterocycles. The zero-order valence-electron chi connectivity index (χ0n) is 27.0. The Morgan fingerprint density at radius 2 is 1.51 bits per heavy atom. The number of ketones is 1. The summed E-state index contributed by atoms with van der Waals surface area (Å²) in [7, 11) is 0. The highest BCUT2D eigenvalue weighted by Crippen LogP contribution is 2.34. The van der Waals surface area contributed by atoms with E-state index in [2.05, 4.69) is 47.6 Å². The van der Waals surface area contributed by atoms with Crippen molar-refractivity contribution in [1.82, 2.24) is 4.90 Å². The molecule has 6 heteroatoms. The maximum atomic E-state index is 13.8. The number of nitrogens with zero attached hydrogens (tertiary/aromatic N) is 1. The lowest BCUT2D eigenvalue weighted by Crippen LogP contribution is -2.43. The number of thioether (sulfide) groups is 1. The highest BCUT2D eigenvalue weighted by Gasteiger charge is 2.38. The zero-order valence-corrected chi connectivity index (χ0v) is 27.8. The van der Waals surface area contributed by atoms with Gasteiger partial charge in [0.15, 0.2) is 11.4 Å². The molecule has 3 aromatic rings. The molecule has 0 radical (unpaired) electrons. The van der Waals surface area contributed by atoms with Gasteiger partial charge in [0.1, 0.15) is 11.4 Å². The number of aryl methyl sites for hydroxylation is 3. The summed E-state index contributed by atoms with van der Waals surface area (Å²) < 4.78 is 11.9. The minimum absolute atomic E-state index is 0.0386. The maximum absolute atomic E-state index is 13.8. The van der Waals surface area contributed by atoms with Crippen LogP contribution in [-0.4, -0.2) is 47.2 Å². The third-order valence-electron chi connectivity index (χ3n) is 8.05. The maximum Gasteiger partial charge on any atom is 0.350 e. The van der Waals surface area contributed by atoms with Gasteiger partial charge in [-0.15, -0.1) is 11.8 Å². The van der Waals surface area contributed by atoms with Gasteiger partial charge in [0.05, 0.1) is 0 Å². The summed E-state index contributed by atoms with van der Waals surface area (Å²) in [6.07, 6.45) is 3.85. The summed E-state index contributed by atoms with van der Waals surface area (Å²) in [5, 5.41) is 0. The van der Waals surface area contributed by atoms with Crippen molar-refractivity contribution >= 4 is 23.5 Å². The lowest BCUT2D eigenvalue weighted by Gasteiger charge is -2.30. The van der Waals surface area contributed by atoms with Crippen LogP contribution >= 0.6 is 11.8 Å². The van der Waals surface area contributed by atoms with Crippen molar-refractivity contribution in [2.45, 2.75) is 84.0 Å². The Kier molecular flexibility index (Phi) is 10.4. The van der Waals surface area contributed by atoms with E-state index in [1.165, 1.54) is 11.1 Å². The van der Waals surface area contributed by atoms with Gasteiger partial charge in [-0.1, -0.05) is 54.6 Å². The van der Waals surface area contributed by atoms with E-state index in [9.17, 15) is 9.59 Å². The molecule has 0 bridgehead atoms. The number of carbonyl (C=O) groups is 2. The lowest BCUT2D eigenvalue weighted by molar-refractivity contribution is -0.171. The van der Waals surface area contributed by atoms with Crippen LogP contribution in [0, 0.1) is 25.7 Å². The van der Waals surface area contributed by atoms with E-state index in [1.54, 1.807) is 25.6 Å². The quantitative estimate of drug-likeness (QED) is 0.126. The van der Waals surface area contributed by atoms with Crippen LogP contribution in [0.2, 0.25) is 0 Å². The topological polar surface area (TPSA) is 55.8 Å². The number of carbonyl (C=O) groups excluding carboxylic acids is 2. The van der Waals surface area contributed by atoms with Crippen LogP contribution in [0.5, 0.6) is 5.75 Å². The number of esters is 1. The number of ether oxygens (including phenoxy) is 2. The molecule has 1 aliphatic rings. The molecular formula is C37H47NO4S. The van der Waals surface area contributed by atoms with E-state index in [1.807, 2.05) is 65.0 Å². The number of hydrogen-bond acceptors (Lipinski definition) is 6. The predicted octanol–water partition coefficient (Wildman–Crippen LogP) is 8.09. The normalized spacial score (nSPS) is 17.6. The van der Waals surface area contributed by atoms with Gasteiger partial charge in [0.2, 0.25) is 0 Å². The van der Waals surface area contributed by atoms with Crippen LogP contribution in [0.15, 0.2) is 71.6 Å². The minimum Gasteiger partial charge on any atom is -0.476 e. The second-order valence-electron chi connectivity index (χ2n) is 13.4. The Bertz CT molecular complexity index is 1390. The molecule has 0 saturated carbocycles. The number of Topliss-reactive ketones (excluding diaryl/α,β-unsaturated/α-hetero) is 1. The Hall–Kier alpha value is -3.09. The molecule has 0 amide bonds. The first-order chi connectivity index (χ1) is 20.3. The molecule has 1 aliphatic heterocycles. The summed E-state index contributed by atoms with van der Waals surface area (Å²) in [5.41, 5.74) is 3.58. The third kappa shape index (κ3) is 8.73. The minimum atomic E-state index is -1.11. The van der Waals surface area contributed by atoms with E-state index in [0.717, 1.165) is 59.8 Å². The molecule has 0 unspecified atom stereocenters. The smallest absolute Gasteiger partial charge is 0.350 e. The summed E-state index contributed by atoms with van der Waals surface area (Å²) in [6, 6.07) is 22.9. The van der Waals surface area contributed by atoms with Gasteiger partial charge >= 0.3 is 5.97 Å². The van der Waals surface area contributed by atoms with E-state index in [4.69, 9.17) is 9.47 Å². The highest BCUT2D eigenvalue weighted by molar-refractivity contribution is 7.98. The van der Waals surface area contributed by atoms with Crippen molar-refractivity contribution in [2.75, 3.05) is 19.3 Å². The fourth-order valence-corrected chi connectivity index (χ4v) is 6.29. The fourth-order valence-electron chi connectivity index (χ4n) is 5.89. The first-order valence-electron chi connectivity index (χ1n) is 15.2. The van der Waals surface area contributed by atoms with Gasteiger partial charge in [-0.3, -0.25) is 9.69 Å². The number of likely N-dealkylation sites (tertiary alicyclic amines) is 1. The van der Waals surface area contributed by atoms with Crippen molar-refractivity contribution in [3.05, 3.63) is 94.5 Å². The predicted molar refractivity (Wildman–Crippen MR) is 176 cm³/mol. The van der Waals surface area contributed by atoms with Crippen LogP contribution in [-0.2, 0) is 22.5 Å². The monoisotopic (exact) mass is 601 g/mol. The van der Waals surface area contributed by atoms with Gasteiger partial charge in [-0.25, -0.2) is 4.79 Å². The molecule has 0 aliphatic carbocycles. The molecule has 4 rings (SSSR count). The van der Waals surface area contributed by atoms with Crippen molar-refractivity contribution in [3.8, 4) is 5.75 Å². The molecule has 3 aromatic carbocycles. The van der Waals surface area contributed by atoms with Crippen molar-refractivity contribution < 1.29 is 19.1 Å². The second-order valence-corrected chi connectivity index (χ2v) is 14.2. The number of benzene rings is 3. The summed E-state index contributed by atoms with van der Waals surface area (Å²) >= 11 is 1.69. The molecule has 1 heterocycles. The first-order valence-corrected chi connectivity index (χ1v) is 16.5. The molecule has 0 N–H and O–H groups in total. The standard InChI is InChI=1S/C37H47NO4S/c1-25-20-28(21-26(2)34(25)41-37(6,7)35(40)42-36(3,4)5)14-15-30-23-38(22-27-12-10-9-11-13-27)24-32(30)33(39)29-16-18-31(43-8)19-17-29/h9-13,16-21,30,32H,14-15,22-24H2,1-8H3/t30-,32-/m0/s1. The fraction of sp³-hybridized carbons (Fsp3) is 0.459. The van der Waals surface area contributed by atoms with Gasteiger partial charge in [-0.05, 0) is 108 Å². The average molecular weight is 602 g/mol. The van der Waals surface area contributed by atoms with Crippen LogP contribution in [0.25, 0.3) is 0 Å². The lowest BCUT2D eigenvalue weighted by atomic mass is 9.84. The molecule has 43 heavy (non-hydrogen) atoms. The SMILES string of the molecule is CSc1ccc(C(=O)[C@H]2CN(Cc3ccccc3)C[C@@H]2CCc2cc(C)c(OC(C)(C)C(=O)OC(C)(C)C)c(C)c2)cc1. The van der Waals surface area contributed by atoms with Crippen LogP contribution in [0.1, 0.15) is 73.7 Å². The largest absolute Gasteiger partial charge is 0.476 e. The van der Waals surface area contributed by atoms with Crippen molar-refractivity contribution in [2.24, 2.45) is 11.8 Å². The molecular weight excluding hydrogens is 554 g/mol. The van der Waals surface area contributed by atoms with Gasteiger partial charge in [0.25, 0.3) is 0 Å². The summed E-state index contributed by atoms with van der Waals surface area (Å²) in [4.78, 5) is 30.2. The Morgan fingerprint density at radius 1 is 0.884 bits per heavy atom. The second kappa shape index (κ2) is 13.7. The molecule has 1 saturated heterocycles. The van der Waals surface area contributed by atoms with Gasteiger partial charge in [-0.2, -0.15) is 0 Å². The first kappa shape index (κ1) is 32.8. The third-order valence-corrected chi connectivity index (χ3v) is 8.79. The van der Waals surface area contributed by atoms with E-state index in [0.29, 0.717) is 0 Å². The summed E-state index contributed by atoms with van der Waals surface area (Å²) in [6.45, 7) is 15.7. The van der Waals surface area contributed by atoms with E-state index >= 15 is 0 Å². The summed E-state index contributed by atoms with van der Waals surface area (Å²) in [5.74, 6) is 0.801. The van der Waals surface area contributed by atoms with Crippen molar-refractivity contribution in [3.63, 3.8) is 0 Å². The van der Waals surface area contributed by atoms with Crippen molar-refractivity contribution in [1.29, 1.82) is 0 Å². The highest BCUT2D eigenvalue weighted by atomic mass is 32.2. The average Bonchev–Trinajstić information content (AvgIpc) is 3.35. The van der Waals surface area contributed by atoms with Crippen LogP contribution < -0.4 is 4.74 Å².